The van der Waals surface area contributed by atoms with Crippen molar-refractivity contribution >= 4 is 18.3 Å². The fourth-order valence-electron chi connectivity index (χ4n) is 2.14. The monoisotopic (exact) mass is 323 g/mol. The Kier molecular flexibility index (Phi) is 7.51. The number of aliphatic hydroxyl groups excluding tert-OH is 1. The molecule has 0 aliphatic rings. The minimum atomic E-state index is -1.37. The molecule has 0 bridgehead atoms. The number of hydrogen-bond acceptors (Lipinski definition) is 6. The van der Waals surface area contributed by atoms with E-state index in [9.17, 15) is 20.1 Å². The van der Waals surface area contributed by atoms with E-state index in [0.29, 0.717) is 6.42 Å². The third kappa shape index (κ3) is 4.24. The molecule has 0 spiro atoms. The molecular formula is C12H22ClN3O5. The number of primary amides is 1. The summed E-state index contributed by atoms with van der Waals surface area (Å²) in [6.07, 6.45) is -0.706. The smallest absolute Gasteiger partial charge is 0.225 e. The summed E-state index contributed by atoms with van der Waals surface area (Å²) >= 11 is 0. The highest BCUT2D eigenvalue weighted by Gasteiger charge is 2.30. The van der Waals surface area contributed by atoms with Crippen LogP contribution in [0.3, 0.4) is 0 Å². The number of halogens is 1. The predicted molar refractivity (Wildman–Crippen MR) is 77.3 cm³/mol. The molecule has 0 unspecified atom stereocenters. The zero-order valence-corrected chi connectivity index (χ0v) is 12.7. The highest BCUT2D eigenvalue weighted by molar-refractivity contribution is 5.85. The van der Waals surface area contributed by atoms with Gasteiger partial charge in [-0.2, -0.15) is 5.48 Å². The van der Waals surface area contributed by atoms with Gasteiger partial charge in [-0.05, 0) is 5.92 Å². The topological polar surface area (TPSA) is 141 Å². The van der Waals surface area contributed by atoms with Gasteiger partial charge < -0.3 is 26.3 Å². The summed E-state index contributed by atoms with van der Waals surface area (Å²) in [4.78, 5) is 11.6. The van der Waals surface area contributed by atoms with Gasteiger partial charge in [-0.25, -0.2) is 0 Å². The highest BCUT2D eigenvalue weighted by atomic mass is 35.5. The number of hydrogen-bond donors (Lipinski definition) is 6. The van der Waals surface area contributed by atoms with Gasteiger partial charge in [0.25, 0.3) is 0 Å². The lowest BCUT2D eigenvalue weighted by Crippen LogP contribution is -2.30. The van der Waals surface area contributed by atoms with E-state index in [1.165, 1.54) is 6.07 Å². The van der Waals surface area contributed by atoms with Crippen LogP contribution in [0.5, 0.6) is 11.8 Å². The lowest BCUT2D eigenvalue weighted by atomic mass is 9.86. The Morgan fingerprint density at radius 1 is 1.48 bits per heavy atom. The predicted octanol–water partition coefficient (Wildman–Crippen LogP) is 0.233. The maximum absolute atomic E-state index is 11.6. The van der Waals surface area contributed by atoms with Gasteiger partial charge in [0.05, 0.1) is 12.5 Å². The Bertz CT molecular complexity index is 480. The SMILES string of the molecule is CC[C@H](C)[C@H](C(N)=O)c1cc(O)n(C[C@H](O)NO)c1O.Cl. The van der Waals surface area contributed by atoms with E-state index < -0.39 is 18.1 Å². The van der Waals surface area contributed by atoms with Gasteiger partial charge >= 0.3 is 0 Å². The summed E-state index contributed by atoms with van der Waals surface area (Å²) in [6.45, 7) is 3.40. The summed E-state index contributed by atoms with van der Waals surface area (Å²) in [5.41, 5.74) is 7.15. The first-order chi connectivity index (χ1) is 9.33. The number of carbonyl (C=O) groups excluding carboxylic acids is 1. The van der Waals surface area contributed by atoms with Crippen molar-refractivity contribution in [3.63, 3.8) is 0 Å². The quantitative estimate of drug-likeness (QED) is 0.313. The van der Waals surface area contributed by atoms with Crippen molar-refractivity contribution in [2.75, 3.05) is 0 Å². The number of nitrogens with two attached hydrogens (primary N) is 1. The molecule has 8 nitrogen and oxygen atoms in total. The van der Waals surface area contributed by atoms with E-state index in [-0.39, 0.29) is 42.2 Å². The number of nitrogens with zero attached hydrogens (tertiary/aromatic N) is 1. The molecule has 9 heteroatoms. The van der Waals surface area contributed by atoms with Crippen LogP contribution < -0.4 is 11.2 Å². The Balaban J connectivity index is 0.00000400. The standard InChI is InChI=1S/C12H21N3O5.ClH/c1-3-6(2)10(11(13)18)7-4-9(17)15(12(7)19)5-8(16)14-20;/h4,6,8,10,14,16-17,19-20H,3,5H2,1-2H3,(H2,13,18);1H/t6-,8-,10-;/m0./s1. The van der Waals surface area contributed by atoms with Crippen LogP contribution in [0, 0.1) is 5.92 Å². The van der Waals surface area contributed by atoms with Crippen molar-refractivity contribution in [1.29, 1.82) is 0 Å². The minimum Gasteiger partial charge on any atom is -0.494 e. The first kappa shape index (κ1) is 19.5. The number of amides is 1. The largest absolute Gasteiger partial charge is 0.494 e. The molecule has 0 saturated heterocycles. The average Bonchev–Trinajstić information content (AvgIpc) is 2.66. The zero-order chi connectivity index (χ0) is 15.4. The number of carbonyl (C=O) groups is 1. The molecule has 21 heavy (non-hydrogen) atoms. The fraction of sp³-hybridized carbons (Fsp3) is 0.583. The first-order valence-electron chi connectivity index (χ1n) is 6.31. The zero-order valence-electron chi connectivity index (χ0n) is 11.9. The lowest BCUT2D eigenvalue weighted by molar-refractivity contribution is -0.120. The lowest BCUT2D eigenvalue weighted by Gasteiger charge is -2.19. The third-order valence-electron chi connectivity index (χ3n) is 3.43. The van der Waals surface area contributed by atoms with Crippen LogP contribution in [-0.4, -0.2) is 37.2 Å². The molecular weight excluding hydrogens is 302 g/mol. The van der Waals surface area contributed by atoms with Gasteiger partial charge in [-0.3, -0.25) is 9.36 Å². The molecule has 7 N–H and O–H groups in total. The molecule has 0 saturated carbocycles. The van der Waals surface area contributed by atoms with E-state index in [1.807, 2.05) is 13.8 Å². The molecule has 0 radical (unpaired) electrons. The summed E-state index contributed by atoms with van der Waals surface area (Å²) in [6, 6.07) is 1.24. The number of aromatic nitrogens is 1. The van der Waals surface area contributed by atoms with Crippen molar-refractivity contribution in [2.45, 2.75) is 39.0 Å². The highest BCUT2D eigenvalue weighted by Crippen LogP contribution is 2.37. The number of aromatic hydroxyl groups is 2. The van der Waals surface area contributed by atoms with E-state index in [4.69, 9.17) is 10.9 Å². The van der Waals surface area contributed by atoms with Crippen molar-refractivity contribution in [3.8, 4) is 11.8 Å². The molecule has 0 aromatic carbocycles. The van der Waals surface area contributed by atoms with Crippen LogP contribution in [0.25, 0.3) is 0 Å². The minimum absolute atomic E-state index is 0. The van der Waals surface area contributed by atoms with Crippen molar-refractivity contribution < 1.29 is 25.3 Å². The van der Waals surface area contributed by atoms with E-state index in [1.54, 1.807) is 5.48 Å². The van der Waals surface area contributed by atoms with E-state index in [2.05, 4.69) is 0 Å². The molecule has 1 aromatic rings. The maximum Gasteiger partial charge on any atom is 0.225 e. The third-order valence-corrected chi connectivity index (χ3v) is 3.43. The summed E-state index contributed by atoms with van der Waals surface area (Å²) in [5.74, 6) is -2.16. The average molecular weight is 324 g/mol. The Labute approximate surface area is 128 Å². The molecule has 0 aliphatic carbocycles. The number of nitrogens with one attached hydrogen (secondary N) is 1. The molecule has 1 heterocycles. The molecule has 1 rings (SSSR count). The second kappa shape index (κ2) is 8.08. The maximum atomic E-state index is 11.6. The van der Waals surface area contributed by atoms with E-state index in [0.717, 1.165) is 4.57 Å². The summed E-state index contributed by atoms with van der Waals surface area (Å²) < 4.78 is 0.974. The van der Waals surface area contributed by atoms with Crippen molar-refractivity contribution in [3.05, 3.63) is 11.6 Å². The Hall–Kier alpha value is -1.48. The van der Waals surface area contributed by atoms with E-state index >= 15 is 0 Å². The van der Waals surface area contributed by atoms with Gasteiger partial charge in [0.2, 0.25) is 5.91 Å². The van der Waals surface area contributed by atoms with Gasteiger partial charge in [0, 0.05) is 11.6 Å². The van der Waals surface area contributed by atoms with Crippen molar-refractivity contribution in [1.82, 2.24) is 10.0 Å². The molecule has 0 fully saturated rings. The normalized spacial score (nSPS) is 15.0. The van der Waals surface area contributed by atoms with Gasteiger partial charge in [0.1, 0.15) is 6.23 Å². The molecule has 1 amide bonds. The molecule has 1 aromatic heterocycles. The van der Waals surface area contributed by atoms with Gasteiger partial charge in [0.15, 0.2) is 11.8 Å². The summed E-state index contributed by atoms with van der Waals surface area (Å²) in [5, 5.41) is 37.7. The molecule has 0 aliphatic heterocycles. The van der Waals surface area contributed by atoms with Crippen LogP contribution in [0.15, 0.2) is 6.07 Å². The van der Waals surface area contributed by atoms with Crippen LogP contribution in [0.1, 0.15) is 31.7 Å². The number of aliphatic hydroxyl groups is 1. The Morgan fingerprint density at radius 2 is 2.05 bits per heavy atom. The summed E-state index contributed by atoms with van der Waals surface area (Å²) in [7, 11) is 0. The Morgan fingerprint density at radius 3 is 2.48 bits per heavy atom. The second-order valence-corrected chi connectivity index (χ2v) is 4.80. The van der Waals surface area contributed by atoms with Crippen LogP contribution >= 0.6 is 12.4 Å². The van der Waals surface area contributed by atoms with Crippen LogP contribution in [0.2, 0.25) is 0 Å². The van der Waals surface area contributed by atoms with Crippen LogP contribution in [0.4, 0.5) is 0 Å². The first-order valence-corrected chi connectivity index (χ1v) is 6.31. The van der Waals surface area contributed by atoms with Gasteiger partial charge in [-0.15, -0.1) is 12.4 Å². The molecule has 3 atom stereocenters. The van der Waals surface area contributed by atoms with Crippen LogP contribution in [-0.2, 0) is 11.3 Å². The number of hydroxylamine groups is 1. The molecule has 122 valence electrons. The number of rotatable bonds is 7. The van der Waals surface area contributed by atoms with Gasteiger partial charge in [-0.1, -0.05) is 20.3 Å². The van der Waals surface area contributed by atoms with Crippen molar-refractivity contribution in [2.24, 2.45) is 11.7 Å². The second-order valence-electron chi connectivity index (χ2n) is 4.80. The fourth-order valence-corrected chi connectivity index (χ4v) is 2.14.